The highest BCUT2D eigenvalue weighted by Crippen LogP contribution is 2.17. The molecule has 27 heavy (non-hydrogen) atoms. The third-order valence-electron chi connectivity index (χ3n) is 3.52. The summed E-state index contributed by atoms with van der Waals surface area (Å²) in [6, 6.07) is 0.303. The Hall–Kier alpha value is -2.88. The lowest BCUT2D eigenvalue weighted by Gasteiger charge is -2.17. The number of nitrogens with one attached hydrogen (secondary N) is 2. The lowest BCUT2D eigenvalue weighted by Crippen LogP contribution is -2.47. The van der Waals surface area contributed by atoms with Crippen molar-refractivity contribution in [3.63, 3.8) is 0 Å². The molecule has 2 rings (SSSR count). The lowest BCUT2D eigenvalue weighted by atomic mass is 10.1. The monoisotopic (exact) mass is 397 g/mol. The highest BCUT2D eigenvalue weighted by molar-refractivity contribution is 7.09. The van der Waals surface area contributed by atoms with Crippen LogP contribution < -0.4 is 10.6 Å². The molecule has 7 nitrogen and oxygen atoms in total. The number of benzene rings is 1. The Bertz CT molecular complexity index is 851. The molecule has 2 aromatic rings. The van der Waals surface area contributed by atoms with E-state index in [1.165, 1.54) is 23.6 Å². The number of aliphatic carboxylic acids is 1. The Morgan fingerprint density at radius 1 is 1.19 bits per heavy atom. The Balaban J connectivity index is 1.97. The van der Waals surface area contributed by atoms with E-state index in [9.17, 15) is 28.3 Å². The average Bonchev–Trinajstić information content (AvgIpc) is 2.96. The molecule has 0 saturated carbocycles. The second-order valence-corrected chi connectivity index (χ2v) is 6.88. The zero-order valence-corrected chi connectivity index (χ0v) is 15.3. The van der Waals surface area contributed by atoms with E-state index in [0.717, 1.165) is 12.1 Å². The van der Waals surface area contributed by atoms with Crippen molar-refractivity contribution in [2.45, 2.75) is 32.4 Å². The Labute approximate surface area is 157 Å². The van der Waals surface area contributed by atoms with Crippen LogP contribution in [0.4, 0.5) is 8.78 Å². The Morgan fingerprint density at radius 3 is 2.33 bits per heavy atom. The van der Waals surface area contributed by atoms with E-state index in [-0.39, 0.29) is 17.7 Å². The van der Waals surface area contributed by atoms with Gasteiger partial charge in [0.05, 0.1) is 17.1 Å². The smallest absolute Gasteiger partial charge is 0.332 e. The van der Waals surface area contributed by atoms with Gasteiger partial charge in [-0.3, -0.25) is 9.59 Å². The molecule has 0 aliphatic carbocycles. The van der Waals surface area contributed by atoms with E-state index < -0.39 is 41.5 Å². The average molecular weight is 397 g/mol. The first-order valence-electron chi connectivity index (χ1n) is 7.85. The second-order valence-electron chi connectivity index (χ2n) is 5.81. The molecule has 3 N–H and O–H groups in total. The van der Waals surface area contributed by atoms with Gasteiger partial charge < -0.3 is 15.7 Å². The molecule has 10 heteroatoms. The van der Waals surface area contributed by atoms with Crippen LogP contribution in [-0.2, 0) is 20.8 Å². The number of carboxylic acid groups (broad SMARTS) is 1. The molecule has 0 saturated heterocycles. The molecule has 1 heterocycles. The molecule has 0 fully saturated rings. The lowest BCUT2D eigenvalue weighted by molar-refractivity contribution is -0.142. The number of hydrogen-bond donors (Lipinski definition) is 3. The van der Waals surface area contributed by atoms with Crippen molar-refractivity contribution in [2.24, 2.45) is 0 Å². The topological polar surface area (TPSA) is 108 Å². The maximum Gasteiger partial charge on any atom is 0.332 e. The summed E-state index contributed by atoms with van der Waals surface area (Å²) in [5.74, 6) is -4.29. The number of halogens is 2. The summed E-state index contributed by atoms with van der Waals surface area (Å²) in [6.45, 7) is 3.07. The van der Waals surface area contributed by atoms with E-state index in [2.05, 4.69) is 15.6 Å². The van der Waals surface area contributed by atoms with Gasteiger partial charge in [0.25, 0.3) is 0 Å². The third kappa shape index (κ3) is 5.81. The normalized spacial score (nSPS) is 12.9. The molecule has 0 aliphatic rings. The minimum atomic E-state index is -1.35. The van der Waals surface area contributed by atoms with Crippen molar-refractivity contribution >= 4 is 29.1 Å². The first-order valence-corrected chi connectivity index (χ1v) is 8.73. The number of amides is 2. The van der Waals surface area contributed by atoms with Gasteiger partial charge in [-0.1, -0.05) is 0 Å². The van der Waals surface area contributed by atoms with Crippen molar-refractivity contribution in [2.75, 3.05) is 0 Å². The molecule has 0 radical (unpaired) electrons. The number of carbonyl (C=O) groups excluding carboxylic acids is 2. The number of rotatable bonds is 7. The number of carbonyl (C=O) groups is 3. The van der Waals surface area contributed by atoms with Crippen molar-refractivity contribution in [3.05, 3.63) is 51.5 Å². The summed E-state index contributed by atoms with van der Waals surface area (Å²) in [5.41, 5.74) is 0.297. The van der Waals surface area contributed by atoms with Crippen molar-refractivity contribution in [1.82, 2.24) is 15.6 Å². The number of thiazole rings is 1. The van der Waals surface area contributed by atoms with Crippen molar-refractivity contribution in [1.29, 1.82) is 0 Å². The summed E-state index contributed by atoms with van der Waals surface area (Å²) in [7, 11) is 0. The summed E-state index contributed by atoms with van der Waals surface area (Å²) >= 11 is 1.24. The van der Waals surface area contributed by atoms with Crippen molar-refractivity contribution < 1.29 is 28.3 Å². The zero-order chi connectivity index (χ0) is 20.1. The van der Waals surface area contributed by atoms with Gasteiger partial charge in [0.1, 0.15) is 17.7 Å². The van der Waals surface area contributed by atoms with Gasteiger partial charge in [0.15, 0.2) is 6.04 Å². The highest BCUT2D eigenvalue weighted by atomic mass is 32.1. The van der Waals surface area contributed by atoms with Gasteiger partial charge in [-0.2, -0.15) is 0 Å². The van der Waals surface area contributed by atoms with Crippen LogP contribution in [-0.4, -0.2) is 33.9 Å². The Morgan fingerprint density at radius 2 is 1.81 bits per heavy atom. The fraction of sp³-hybridized carbons (Fsp3) is 0.294. The minimum Gasteiger partial charge on any atom is -0.479 e. The first kappa shape index (κ1) is 20.4. The van der Waals surface area contributed by atoms with Gasteiger partial charge in [0.2, 0.25) is 11.8 Å². The molecule has 2 amide bonds. The molecule has 0 aliphatic heterocycles. The van der Waals surface area contributed by atoms with Crippen LogP contribution in [0.25, 0.3) is 0 Å². The number of aromatic nitrogens is 1. The second kappa shape index (κ2) is 8.67. The maximum atomic E-state index is 13.2. The fourth-order valence-corrected chi connectivity index (χ4v) is 2.94. The van der Waals surface area contributed by atoms with Crippen LogP contribution in [0.5, 0.6) is 0 Å². The summed E-state index contributed by atoms with van der Waals surface area (Å²) < 4.78 is 26.3. The molecule has 2 atom stereocenters. The predicted octanol–water partition coefficient (Wildman–Crippen LogP) is 1.72. The summed E-state index contributed by atoms with van der Waals surface area (Å²) in [5, 5.41) is 16.1. The van der Waals surface area contributed by atoms with Crippen LogP contribution >= 0.6 is 11.3 Å². The van der Waals surface area contributed by atoms with E-state index in [1.807, 2.05) is 0 Å². The Kier molecular flexibility index (Phi) is 6.56. The molecule has 144 valence electrons. The van der Waals surface area contributed by atoms with Crippen molar-refractivity contribution in [3.8, 4) is 0 Å². The summed E-state index contributed by atoms with van der Waals surface area (Å²) in [6.07, 6.45) is -0.333. The maximum absolute atomic E-state index is 13.2. The quantitative estimate of drug-likeness (QED) is 0.659. The molecule has 1 aromatic heterocycles. The minimum absolute atomic E-state index is 0.110. The molecule has 0 bridgehead atoms. The molecule has 1 unspecified atom stereocenters. The van der Waals surface area contributed by atoms with E-state index in [0.29, 0.717) is 11.1 Å². The van der Waals surface area contributed by atoms with E-state index in [4.69, 9.17) is 0 Å². The molecular weight excluding hydrogens is 380 g/mol. The molecule has 0 spiro atoms. The van der Waals surface area contributed by atoms with Crippen LogP contribution in [0.2, 0.25) is 0 Å². The highest BCUT2D eigenvalue weighted by Gasteiger charge is 2.27. The molecule has 1 aromatic carbocycles. The standard InChI is InChI=1S/C17H17F2N3O4S/c1-8(20-14(23)5-10-3-11(18)6-12(19)4-10)16(24)22-15(17(25)26)13-7-27-9(2)21-13/h3-4,6-8,15H,5H2,1-2H3,(H,20,23)(H,22,24)(H,25,26)/t8-,15?/m0/s1. The van der Waals surface area contributed by atoms with E-state index in [1.54, 1.807) is 6.92 Å². The predicted molar refractivity (Wildman–Crippen MR) is 93.0 cm³/mol. The van der Waals surface area contributed by atoms with Gasteiger partial charge in [-0.25, -0.2) is 18.6 Å². The fourth-order valence-electron chi connectivity index (χ4n) is 2.30. The van der Waals surface area contributed by atoms with Crippen LogP contribution in [0.15, 0.2) is 23.6 Å². The number of aryl methyl sites for hydroxylation is 1. The van der Waals surface area contributed by atoms with E-state index >= 15 is 0 Å². The van der Waals surface area contributed by atoms with Gasteiger partial charge in [0, 0.05) is 11.4 Å². The first-order chi connectivity index (χ1) is 12.7. The number of nitrogens with zero attached hydrogens (tertiary/aromatic N) is 1. The van der Waals surface area contributed by atoms with Gasteiger partial charge >= 0.3 is 5.97 Å². The summed E-state index contributed by atoms with van der Waals surface area (Å²) in [4.78, 5) is 39.6. The van der Waals surface area contributed by atoms with Crippen LogP contribution in [0.3, 0.4) is 0 Å². The van der Waals surface area contributed by atoms with Gasteiger partial charge in [-0.05, 0) is 31.5 Å². The SMILES string of the molecule is Cc1nc(C(NC(=O)[C@H](C)NC(=O)Cc2cc(F)cc(F)c2)C(=O)O)cs1. The van der Waals surface area contributed by atoms with Crippen LogP contribution in [0.1, 0.15) is 29.2 Å². The zero-order valence-electron chi connectivity index (χ0n) is 14.5. The number of carboxylic acids is 1. The number of hydrogen-bond acceptors (Lipinski definition) is 5. The van der Waals surface area contributed by atoms with Gasteiger partial charge in [-0.15, -0.1) is 11.3 Å². The largest absolute Gasteiger partial charge is 0.479 e. The third-order valence-corrected chi connectivity index (χ3v) is 4.32. The van der Waals surface area contributed by atoms with Crippen LogP contribution in [0, 0.1) is 18.6 Å². The molecular formula is C17H17F2N3O4S.